The summed E-state index contributed by atoms with van der Waals surface area (Å²) in [6, 6.07) is 4.78. The summed E-state index contributed by atoms with van der Waals surface area (Å²) in [4.78, 5) is 11.9. The number of rotatable bonds is 2. The number of carbonyl (C=O) groups excluding carboxylic acids is 1. The molecule has 17 heavy (non-hydrogen) atoms. The Morgan fingerprint density at radius 3 is 2.65 bits per heavy atom. The second kappa shape index (κ2) is 5.21. The van der Waals surface area contributed by atoms with E-state index in [-0.39, 0.29) is 17.6 Å². The summed E-state index contributed by atoms with van der Waals surface area (Å²) in [5, 5.41) is 9.28. The van der Waals surface area contributed by atoms with Gasteiger partial charge in [0.25, 0.3) is 0 Å². The van der Waals surface area contributed by atoms with Gasteiger partial charge in [0.05, 0.1) is 5.92 Å². The molecule has 0 radical (unpaired) electrons. The maximum absolute atomic E-state index is 11.9. The van der Waals surface area contributed by atoms with Crippen LogP contribution in [0.25, 0.3) is 0 Å². The molecule has 0 bridgehead atoms. The van der Waals surface area contributed by atoms with Gasteiger partial charge < -0.3 is 9.84 Å². The molecular weight excluding hydrogens is 216 g/mol. The molecule has 0 saturated heterocycles. The lowest BCUT2D eigenvalue weighted by molar-refractivity contribution is -0.140. The molecule has 92 valence electrons. The predicted octanol–water partition coefficient (Wildman–Crippen LogP) is 3.19. The molecule has 1 aromatic carbocycles. The summed E-state index contributed by atoms with van der Waals surface area (Å²) in [5.41, 5.74) is 0.786. The van der Waals surface area contributed by atoms with Crippen molar-refractivity contribution in [2.24, 2.45) is 5.92 Å². The van der Waals surface area contributed by atoms with E-state index in [2.05, 4.69) is 0 Å². The van der Waals surface area contributed by atoms with Gasteiger partial charge in [-0.15, -0.1) is 0 Å². The van der Waals surface area contributed by atoms with Crippen molar-refractivity contribution in [2.75, 3.05) is 0 Å². The molecule has 0 aliphatic heterocycles. The molecule has 0 unspecified atom stereocenters. The largest absolute Gasteiger partial charge is 0.508 e. The van der Waals surface area contributed by atoms with Crippen LogP contribution in [-0.4, -0.2) is 11.1 Å². The Morgan fingerprint density at radius 2 is 2.00 bits per heavy atom. The predicted molar refractivity (Wildman–Crippen MR) is 65.1 cm³/mol. The molecule has 3 heteroatoms. The lowest BCUT2D eigenvalue weighted by atomic mass is 9.89. The van der Waals surface area contributed by atoms with Crippen LogP contribution < -0.4 is 4.74 Å². The Kier molecular flexibility index (Phi) is 3.67. The normalized spacial score (nSPS) is 16.8. The van der Waals surface area contributed by atoms with Crippen molar-refractivity contribution in [3.63, 3.8) is 0 Å². The van der Waals surface area contributed by atoms with Gasteiger partial charge in [0, 0.05) is 0 Å². The third-order valence-electron chi connectivity index (χ3n) is 3.31. The standard InChI is InChI=1S/C14H18O3/c1-10-9-12(15)7-8-13(10)17-14(16)11-5-3-2-4-6-11/h7-9,11,15H,2-6H2,1H3. The van der Waals surface area contributed by atoms with E-state index in [1.54, 1.807) is 12.1 Å². The minimum Gasteiger partial charge on any atom is -0.508 e. The molecule has 1 aliphatic rings. The first-order valence-corrected chi connectivity index (χ1v) is 6.18. The van der Waals surface area contributed by atoms with Crippen molar-refractivity contribution in [1.82, 2.24) is 0 Å². The Hall–Kier alpha value is -1.51. The molecule has 0 heterocycles. The summed E-state index contributed by atoms with van der Waals surface area (Å²) in [6.07, 6.45) is 5.34. The van der Waals surface area contributed by atoms with Crippen LogP contribution in [0.3, 0.4) is 0 Å². The monoisotopic (exact) mass is 234 g/mol. The highest BCUT2D eigenvalue weighted by atomic mass is 16.5. The van der Waals surface area contributed by atoms with Crippen LogP contribution in [0.4, 0.5) is 0 Å². The van der Waals surface area contributed by atoms with Crippen LogP contribution in [0, 0.1) is 12.8 Å². The van der Waals surface area contributed by atoms with E-state index in [0.717, 1.165) is 31.2 Å². The van der Waals surface area contributed by atoms with Gasteiger partial charge in [-0.05, 0) is 43.5 Å². The van der Waals surface area contributed by atoms with E-state index >= 15 is 0 Å². The van der Waals surface area contributed by atoms with E-state index < -0.39 is 0 Å². The molecule has 0 spiro atoms. The summed E-state index contributed by atoms with van der Waals surface area (Å²) in [7, 11) is 0. The third-order valence-corrected chi connectivity index (χ3v) is 3.31. The number of esters is 1. The molecule has 3 nitrogen and oxygen atoms in total. The molecule has 0 amide bonds. The number of carbonyl (C=O) groups is 1. The lowest BCUT2D eigenvalue weighted by Gasteiger charge is -2.20. The van der Waals surface area contributed by atoms with E-state index in [0.29, 0.717) is 5.75 Å². The molecule has 0 aromatic heterocycles. The summed E-state index contributed by atoms with van der Waals surface area (Å²) < 4.78 is 5.39. The highest BCUT2D eigenvalue weighted by Crippen LogP contribution is 2.27. The Labute approximate surface area is 101 Å². The molecular formula is C14H18O3. The SMILES string of the molecule is Cc1cc(O)ccc1OC(=O)C1CCCCC1. The van der Waals surface area contributed by atoms with E-state index in [1.807, 2.05) is 6.92 Å². The summed E-state index contributed by atoms with van der Waals surface area (Å²) in [5.74, 6) is 0.675. The Balaban J connectivity index is 2.02. The number of aromatic hydroxyl groups is 1. The molecule has 1 fully saturated rings. The zero-order valence-electron chi connectivity index (χ0n) is 10.1. The number of benzene rings is 1. The molecule has 2 rings (SSSR count). The fourth-order valence-electron chi connectivity index (χ4n) is 2.28. The zero-order valence-corrected chi connectivity index (χ0v) is 10.1. The molecule has 1 aromatic rings. The number of phenols is 1. The van der Waals surface area contributed by atoms with Crippen LogP contribution >= 0.6 is 0 Å². The highest BCUT2D eigenvalue weighted by molar-refractivity contribution is 5.75. The molecule has 1 saturated carbocycles. The average molecular weight is 234 g/mol. The van der Waals surface area contributed by atoms with E-state index in [4.69, 9.17) is 4.74 Å². The van der Waals surface area contributed by atoms with Gasteiger partial charge in [0.15, 0.2) is 0 Å². The molecule has 1 aliphatic carbocycles. The number of ether oxygens (including phenoxy) is 1. The average Bonchev–Trinajstić information content (AvgIpc) is 2.34. The van der Waals surface area contributed by atoms with Crippen molar-refractivity contribution in [2.45, 2.75) is 39.0 Å². The smallest absolute Gasteiger partial charge is 0.314 e. The second-order valence-electron chi connectivity index (χ2n) is 4.71. The maximum Gasteiger partial charge on any atom is 0.314 e. The van der Waals surface area contributed by atoms with E-state index in [1.165, 1.54) is 12.5 Å². The summed E-state index contributed by atoms with van der Waals surface area (Å²) >= 11 is 0. The van der Waals surface area contributed by atoms with Crippen molar-refractivity contribution < 1.29 is 14.6 Å². The second-order valence-corrected chi connectivity index (χ2v) is 4.71. The van der Waals surface area contributed by atoms with Crippen LogP contribution in [0.15, 0.2) is 18.2 Å². The maximum atomic E-state index is 11.9. The van der Waals surface area contributed by atoms with Crippen LogP contribution in [0.2, 0.25) is 0 Å². The highest BCUT2D eigenvalue weighted by Gasteiger charge is 2.23. The lowest BCUT2D eigenvalue weighted by Crippen LogP contribution is -2.23. The minimum atomic E-state index is -0.126. The Morgan fingerprint density at radius 1 is 1.29 bits per heavy atom. The quantitative estimate of drug-likeness (QED) is 0.631. The first kappa shape index (κ1) is 12.0. The van der Waals surface area contributed by atoms with Gasteiger partial charge in [0.2, 0.25) is 0 Å². The number of phenolic OH excluding ortho intramolecular Hbond substituents is 1. The van der Waals surface area contributed by atoms with E-state index in [9.17, 15) is 9.90 Å². The third kappa shape index (κ3) is 2.99. The fourth-order valence-corrected chi connectivity index (χ4v) is 2.28. The fraction of sp³-hybridized carbons (Fsp3) is 0.500. The molecule has 0 atom stereocenters. The molecule has 1 N–H and O–H groups in total. The first-order valence-electron chi connectivity index (χ1n) is 6.18. The van der Waals surface area contributed by atoms with Crippen molar-refractivity contribution in [1.29, 1.82) is 0 Å². The Bertz CT molecular complexity index is 406. The van der Waals surface area contributed by atoms with Crippen LogP contribution in [0.1, 0.15) is 37.7 Å². The van der Waals surface area contributed by atoms with Gasteiger partial charge in [-0.25, -0.2) is 0 Å². The van der Waals surface area contributed by atoms with Gasteiger partial charge >= 0.3 is 5.97 Å². The first-order chi connectivity index (χ1) is 8.16. The van der Waals surface area contributed by atoms with Crippen molar-refractivity contribution in [3.05, 3.63) is 23.8 Å². The van der Waals surface area contributed by atoms with Gasteiger partial charge in [0.1, 0.15) is 11.5 Å². The van der Waals surface area contributed by atoms with Gasteiger partial charge in [-0.2, -0.15) is 0 Å². The summed E-state index contributed by atoms with van der Waals surface area (Å²) in [6.45, 7) is 1.82. The van der Waals surface area contributed by atoms with Crippen molar-refractivity contribution >= 4 is 5.97 Å². The number of hydrogen-bond acceptors (Lipinski definition) is 3. The number of aryl methyl sites for hydroxylation is 1. The van der Waals surface area contributed by atoms with Crippen LogP contribution in [-0.2, 0) is 4.79 Å². The zero-order chi connectivity index (χ0) is 12.3. The topological polar surface area (TPSA) is 46.5 Å². The number of hydrogen-bond donors (Lipinski definition) is 1. The van der Waals surface area contributed by atoms with Crippen LogP contribution in [0.5, 0.6) is 11.5 Å². The minimum absolute atomic E-state index is 0.0527. The van der Waals surface area contributed by atoms with Crippen molar-refractivity contribution in [3.8, 4) is 11.5 Å². The van der Waals surface area contributed by atoms with Gasteiger partial charge in [-0.1, -0.05) is 19.3 Å². The van der Waals surface area contributed by atoms with Gasteiger partial charge in [-0.3, -0.25) is 4.79 Å².